The molecule has 2 aromatic rings. The third-order valence-electron chi connectivity index (χ3n) is 2.26. The molecular weight excluding hydrogens is 278 g/mol. The van der Waals surface area contributed by atoms with Crippen LogP contribution in [0.25, 0.3) is 0 Å². The fraction of sp³-hybridized carbons (Fsp3) is 0.0769. The Kier molecular flexibility index (Phi) is 4.31. The highest BCUT2D eigenvalue weighted by atomic mass is 32.2. The molecule has 1 amide bonds. The summed E-state index contributed by atoms with van der Waals surface area (Å²) in [7, 11) is 0. The molecule has 2 N–H and O–H groups in total. The Balaban J connectivity index is 2.18. The largest absolute Gasteiger partial charge is 0.478 e. The number of amides is 1. The van der Waals surface area contributed by atoms with Crippen LogP contribution in [0, 0.1) is 0 Å². The number of aromatic carboxylic acids is 1. The maximum atomic E-state index is 11.1. The second-order valence-electron chi connectivity index (χ2n) is 3.82. The van der Waals surface area contributed by atoms with Crippen molar-refractivity contribution in [2.45, 2.75) is 16.8 Å². The summed E-state index contributed by atoms with van der Waals surface area (Å²) in [6.45, 7) is 1.40. The molecule has 0 aliphatic rings. The number of hydrogen-bond acceptors (Lipinski definition) is 5. The Morgan fingerprint density at radius 3 is 2.65 bits per heavy atom. The van der Waals surface area contributed by atoms with E-state index in [9.17, 15) is 9.59 Å². The first-order chi connectivity index (χ1) is 9.56. The normalized spacial score (nSPS) is 10.1. The summed E-state index contributed by atoms with van der Waals surface area (Å²) in [5.74, 6) is -0.777. The number of anilines is 1. The monoisotopic (exact) mass is 289 g/mol. The fourth-order valence-corrected chi connectivity index (χ4v) is 2.29. The first-order valence-corrected chi connectivity index (χ1v) is 6.47. The van der Waals surface area contributed by atoms with Crippen LogP contribution in [-0.2, 0) is 4.79 Å². The van der Waals surface area contributed by atoms with Gasteiger partial charge in [0, 0.05) is 24.2 Å². The van der Waals surface area contributed by atoms with E-state index >= 15 is 0 Å². The Labute approximate surface area is 119 Å². The number of carboxylic acid groups (broad SMARTS) is 1. The number of carbonyl (C=O) groups excluding carboxylic acids is 1. The zero-order valence-corrected chi connectivity index (χ0v) is 11.3. The van der Waals surface area contributed by atoms with Gasteiger partial charge in [-0.15, -0.1) is 0 Å². The molecule has 0 radical (unpaired) electrons. The van der Waals surface area contributed by atoms with Crippen molar-refractivity contribution < 1.29 is 14.7 Å². The minimum Gasteiger partial charge on any atom is -0.478 e. The number of nitrogens with zero attached hydrogens (tertiary/aromatic N) is 2. The van der Waals surface area contributed by atoms with Gasteiger partial charge in [-0.05, 0) is 24.3 Å². The highest BCUT2D eigenvalue weighted by Gasteiger charge is 2.12. The predicted octanol–water partition coefficient (Wildman–Crippen LogP) is 2.28. The lowest BCUT2D eigenvalue weighted by Crippen LogP contribution is -2.06. The zero-order chi connectivity index (χ0) is 14.5. The molecule has 102 valence electrons. The lowest BCUT2D eigenvalue weighted by atomic mass is 10.3. The quantitative estimate of drug-likeness (QED) is 0.897. The summed E-state index contributed by atoms with van der Waals surface area (Å²) in [4.78, 5) is 30.8. The van der Waals surface area contributed by atoms with E-state index in [1.165, 1.54) is 30.9 Å². The molecule has 6 nitrogen and oxygen atoms in total. The second kappa shape index (κ2) is 6.16. The van der Waals surface area contributed by atoms with E-state index in [0.29, 0.717) is 10.8 Å². The van der Waals surface area contributed by atoms with Gasteiger partial charge in [0.15, 0.2) is 0 Å². The summed E-state index contributed by atoms with van der Waals surface area (Å²) >= 11 is 1.20. The Bertz CT molecular complexity index is 644. The summed E-state index contributed by atoms with van der Waals surface area (Å²) in [5, 5.41) is 12.0. The molecule has 0 aliphatic carbocycles. The number of nitrogens with one attached hydrogen (secondary N) is 1. The molecule has 2 rings (SSSR count). The number of hydrogen-bond donors (Lipinski definition) is 2. The number of carbonyl (C=O) groups is 2. The second-order valence-corrected chi connectivity index (χ2v) is 4.89. The van der Waals surface area contributed by atoms with E-state index < -0.39 is 5.97 Å². The predicted molar refractivity (Wildman–Crippen MR) is 73.9 cm³/mol. The Hall–Kier alpha value is -2.41. The number of pyridine rings is 2. The van der Waals surface area contributed by atoms with Gasteiger partial charge in [0.25, 0.3) is 0 Å². The van der Waals surface area contributed by atoms with Gasteiger partial charge in [-0.2, -0.15) is 0 Å². The van der Waals surface area contributed by atoms with Crippen LogP contribution in [0.1, 0.15) is 17.3 Å². The van der Waals surface area contributed by atoms with E-state index in [2.05, 4.69) is 15.3 Å². The molecule has 0 saturated heterocycles. The van der Waals surface area contributed by atoms with Gasteiger partial charge in [0.2, 0.25) is 5.91 Å². The van der Waals surface area contributed by atoms with Crippen molar-refractivity contribution >= 4 is 29.5 Å². The first-order valence-electron chi connectivity index (χ1n) is 5.66. The highest BCUT2D eigenvalue weighted by Crippen LogP contribution is 2.28. The maximum Gasteiger partial charge on any atom is 0.338 e. The van der Waals surface area contributed by atoms with Gasteiger partial charge in [-0.3, -0.25) is 4.79 Å². The van der Waals surface area contributed by atoms with Crippen LogP contribution in [0.3, 0.4) is 0 Å². The van der Waals surface area contributed by atoms with Crippen molar-refractivity contribution in [1.29, 1.82) is 0 Å². The molecule has 0 atom stereocenters. The molecule has 20 heavy (non-hydrogen) atoms. The molecule has 0 fully saturated rings. The smallest absolute Gasteiger partial charge is 0.338 e. The van der Waals surface area contributed by atoms with Crippen LogP contribution in [0.2, 0.25) is 0 Å². The van der Waals surface area contributed by atoms with Crippen molar-refractivity contribution in [3.8, 4) is 0 Å². The number of carboxylic acids is 1. The Morgan fingerprint density at radius 1 is 1.25 bits per heavy atom. The van der Waals surface area contributed by atoms with Gasteiger partial charge >= 0.3 is 5.97 Å². The molecule has 0 aliphatic heterocycles. The van der Waals surface area contributed by atoms with Gasteiger partial charge in [-0.1, -0.05) is 11.8 Å². The molecule has 0 unspecified atom stereocenters. The van der Waals surface area contributed by atoms with Crippen LogP contribution < -0.4 is 5.32 Å². The first kappa shape index (κ1) is 14.0. The van der Waals surface area contributed by atoms with Gasteiger partial charge in [0.05, 0.1) is 5.56 Å². The van der Waals surface area contributed by atoms with Crippen molar-refractivity contribution in [2.75, 3.05) is 5.32 Å². The van der Waals surface area contributed by atoms with Crippen molar-refractivity contribution in [3.63, 3.8) is 0 Å². The van der Waals surface area contributed by atoms with Crippen molar-refractivity contribution in [1.82, 2.24) is 9.97 Å². The third kappa shape index (κ3) is 3.55. The fourth-order valence-electron chi connectivity index (χ4n) is 1.44. The lowest BCUT2D eigenvalue weighted by molar-refractivity contribution is -0.114. The highest BCUT2D eigenvalue weighted by molar-refractivity contribution is 7.99. The SMILES string of the molecule is CC(=O)Nc1ccc(Sc2ncccc2C(=O)O)cn1. The van der Waals surface area contributed by atoms with Crippen molar-refractivity contribution in [2.24, 2.45) is 0 Å². The summed E-state index contributed by atoms with van der Waals surface area (Å²) in [6.07, 6.45) is 3.09. The average molecular weight is 289 g/mol. The molecule has 0 aromatic carbocycles. The van der Waals surface area contributed by atoms with Crippen LogP contribution in [0.4, 0.5) is 5.82 Å². The standard InChI is InChI=1S/C13H11N3O3S/c1-8(17)16-11-5-4-9(7-15-11)20-12-10(13(18)19)3-2-6-14-12/h2-7H,1H3,(H,18,19)(H,15,16,17). The molecule has 0 spiro atoms. The molecular formula is C13H11N3O3S. The lowest BCUT2D eigenvalue weighted by Gasteiger charge is -2.05. The summed E-state index contributed by atoms with van der Waals surface area (Å²) in [6, 6.07) is 6.46. The average Bonchev–Trinajstić information content (AvgIpc) is 2.41. The molecule has 2 aromatic heterocycles. The van der Waals surface area contributed by atoms with Gasteiger partial charge in [-0.25, -0.2) is 14.8 Å². The van der Waals surface area contributed by atoms with Gasteiger partial charge in [0.1, 0.15) is 10.8 Å². The van der Waals surface area contributed by atoms with E-state index in [1.807, 2.05) is 0 Å². The molecule has 7 heteroatoms. The Morgan fingerprint density at radius 2 is 2.05 bits per heavy atom. The van der Waals surface area contributed by atoms with Crippen LogP contribution in [0.15, 0.2) is 46.6 Å². The van der Waals surface area contributed by atoms with Crippen LogP contribution in [0.5, 0.6) is 0 Å². The maximum absolute atomic E-state index is 11.1. The van der Waals surface area contributed by atoms with Gasteiger partial charge < -0.3 is 10.4 Å². The van der Waals surface area contributed by atoms with Crippen molar-refractivity contribution in [3.05, 3.63) is 42.2 Å². The number of rotatable bonds is 4. The van der Waals surface area contributed by atoms with E-state index in [1.54, 1.807) is 24.4 Å². The summed E-state index contributed by atoms with van der Waals surface area (Å²) in [5.41, 5.74) is 0.142. The molecule has 2 heterocycles. The third-order valence-corrected chi connectivity index (χ3v) is 3.25. The zero-order valence-electron chi connectivity index (χ0n) is 10.5. The van der Waals surface area contributed by atoms with Crippen LogP contribution >= 0.6 is 11.8 Å². The van der Waals surface area contributed by atoms with E-state index in [-0.39, 0.29) is 11.5 Å². The summed E-state index contributed by atoms with van der Waals surface area (Å²) < 4.78 is 0. The van der Waals surface area contributed by atoms with E-state index in [4.69, 9.17) is 5.11 Å². The topological polar surface area (TPSA) is 92.2 Å². The van der Waals surface area contributed by atoms with E-state index in [0.717, 1.165) is 4.90 Å². The molecule has 0 saturated carbocycles. The molecule has 0 bridgehead atoms. The minimum atomic E-state index is -1.02. The van der Waals surface area contributed by atoms with Crippen LogP contribution in [-0.4, -0.2) is 27.0 Å². The minimum absolute atomic E-state index is 0.142. The number of aromatic nitrogens is 2.